The third kappa shape index (κ3) is 5.91. The van der Waals surface area contributed by atoms with E-state index in [1.165, 1.54) is 4.31 Å². The summed E-state index contributed by atoms with van der Waals surface area (Å²) in [7, 11) is -0.201. The van der Waals surface area contributed by atoms with Crippen molar-refractivity contribution in [2.75, 3.05) is 40.5 Å². The van der Waals surface area contributed by atoms with E-state index in [9.17, 15) is 13.2 Å². The second-order valence-corrected chi connectivity index (χ2v) is 12.7. The lowest BCUT2D eigenvalue weighted by Crippen LogP contribution is -2.41. The summed E-state index contributed by atoms with van der Waals surface area (Å²) in [4.78, 5) is 15.4. The number of nitrogens with zero attached hydrogens (tertiary/aromatic N) is 2. The summed E-state index contributed by atoms with van der Waals surface area (Å²) in [6, 6.07) is 13.3. The van der Waals surface area contributed by atoms with Crippen LogP contribution in [0.3, 0.4) is 0 Å². The van der Waals surface area contributed by atoms with Crippen molar-refractivity contribution in [3.05, 3.63) is 64.7 Å². The second-order valence-electron chi connectivity index (χ2n) is 10.7. The Balaban J connectivity index is 1.27. The molecule has 2 heterocycles. The summed E-state index contributed by atoms with van der Waals surface area (Å²) in [5, 5.41) is 0. The molecule has 8 nitrogen and oxygen atoms in total. The van der Waals surface area contributed by atoms with Crippen LogP contribution in [-0.4, -0.2) is 82.2 Å². The maximum atomic E-state index is 13.6. The number of sulfonamides is 1. The second kappa shape index (κ2) is 11.3. The predicted molar refractivity (Wildman–Crippen MR) is 145 cm³/mol. The van der Waals surface area contributed by atoms with Gasteiger partial charge < -0.3 is 19.1 Å². The number of ether oxygens (including phenoxy) is 3. The number of hydrogen-bond donors (Lipinski definition) is 0. The first-order valence-electron chi connectivity index (χ1n) is 13.5. The lowest BCUT2D eigenvalue weighted by Gasteiger charge is -2.30. The molecular weight excluding hydrogens is 504 g/mol. The average Bonchev–Trinajstić information content (AvgIpc) is 3.68. The van der Waals surface area contributed by atoms with Crippen LogP contribution in [-0.2, 0) is 25.2 Å². The highest BCUT2D eigenvalue weighted by Gasteiger charge is 2.39. The molecule has 0 radical (unpaired) electrons. The number of likely N-dealkylation sites (tertiary alicyclic amines) is 1. The molecule has 38 heavy (non-hydrogen) atoms. The van der Waals surface area contributed by atoms with Crippen molar-refractivity contribution in [1.29, 1.82) is 0 Å². The van der Waals surface area contributed by atoms with Gasteiger partial charge in [-0.2, -0.15) is 0 Å². The van der Waals surface area contributed by atoms with Crippen molar-refractivity contribution >= 4 is 15.9 Å². The molecule has 206 valence electrons. The van der Waals surface area contributed by atoms with Gasteiger partial charge in [0.15, 0.2) is 0 Å². The zero-order valence-corrected chi connectivity index (χ0v) is 23.3. The van der Waals surface area contributed by atoms with Crippen LogP contribution < -0.4 is 4.74 Å². The number of carbonyl (C=O) groups excluding carboxylic acids is 1. The number of benzene rings is 2. The van der Waals surface area contributed by atoms with Crippen LogP contribution in [0.2, 0.25) is 0 Å². The van der Waals surface area contributed by atoms with E-state index >= 15 is 0 Å². The topological polar surface area (TPSA) is 85.4 Å². The van der Waals surface area contributed by atoms with E-state index in [2.05, 4.69) is 6.07 Å². The van der Waals surface area contributed by atoms with Gasteiger partial charge in [-0.05, 0) is 67.3 Å². The number of hydrogen-bond acceptors (Lipinski definition) is 6. The van der Waals surface area contributed by atoms with Gasteiger partial charge in [-0.1, -0.05) is 30.3 Å². The van der Waals surface area contributed by atoms with E-state index in [1.807, 2.05) is 36.1 Å². The summed E-state index contributed by atoms with van der Waals surface area (Å²) in [6.07, 6.45) is 3.05. The minimum atomic E-state index is -3.49. The summed E-state index contributed by atoms with van der Waals surface area (Å²) in [6.45, 7) is 4.02. The first-order chi connectivity index (χ1) is 18.3. The molecule has 2 aromatic rings. The molecule has 0 aromatic heterocycles. The Morgan fingerprint density at radius 1 is 1.05 bits per heavy atom. The zero-order valence-electron chi connectivity index (χ0n) is 22.5. The molecule has 1 saturated carbocycles. The largest absolute Gasteiger partial charge is 0.486 e. The van der Waals surface area contributed by atoms with Crippen molar-refractivity contribution in [2.24, 2.45) is 0 Å². The Kier molecular flexibility index (Phi) is 8.09. The van der Waals surface area contributed by atoms with Crippen LogP contribution in [0.5, 0.6) is 5.75 Å². The third-order valence-electron chi connectivity index (χ3n) is 8.02. The van der Waals surface area contributed by atoms with Crippen molar-refractivity contribution < 1.29 is 27.4 Å². The van der Waals surface area contributed by atoms with Crippen LogP contribution in [0.4, 0.5) is 0 Å². The molecule has 1 amide bonds. The molecule has 3 fully saturated rings. The first-order valence-corrected chi connectivity index (χ1v) is 15.1. The van der Waals surface area contributed by atoms with Gasteiger partial charge in [-0.3, -0.25) is 4.79 Å². The van der Waals surface area contributed by atoms with Gasteiger partial charge in [0.25, 0.3) is 5.91 Å². The molecule has 9 heteroatoms. The number of amides is 1. The lowest BCUT2D eigenvalue weighted by atomic mass is 9.97. The molecule has 2 aromatic carbocycles. The van der Waals surface area contributed by atoms with Crippen molar-refractivity contribution in [3.63, 3.8) is 0 Å². The molecule has 2 unspecified atom stereocenters. The van der Waals surface area contributed by atoms with E-state index in [-0.39, 0.29) is 29.9 Å². The van der Waals surface area contributed by atoms with E-state index < -0.39 is 10.0 Å². The Morgan fingerprint density at radius 3 is 2.47 bits per heavy atom. The van der Waals surface area contributed by atoms with E-state index in [0.29, 0.717) is 56.4 Å². The maximum Gasteiger partial charge on any atom is 0.254 e. The Hall–Kier alpha value is -2.46. The lowest BCUT2D eigenvalue weighted by molar-refractivity contribution is 0.0339. The van der Waals surface area contributed by atoms with E-state index in [1.54, 1.807) is 26.3 Å². The molecule has 2 atom stereocenters. The molecule has 5 rings (SSSR count). The molecule has 0 spiro atoms. The van der Waals surface area contributed by atoms with Crippen LogP contribution in [0.15, 0.2) is 42.5 Å². The van der Waals surface area contributed by atoms with Gasteiger partial charge in [-0.25, -0.2) is 12.7 Å². The molecule has 3 aliphatic rings. The van der Waals surface area contributed by atoms with Gasteiger partial charge in [0, 0.05) is 39.0 Å². The number of carbonyl (C=O) groups is 1. The number of rotatable bonds is 9. The van der Waals surface area contributed by atoms with E-state index in [0.717, 1.165) is 29.5 Å². The van der Waals surface area contributed by atoms with Gasteiger partial charge in [-0.15, -0.1) is 0 Å². The van der Waals surface area contributed by atoms with Crippen LogP contribution in [0.25, 0.3) is 0 Å². The Morgan fingerprint density at radius 2 is 1.76 bits per heavy atom. The summed E-state index contributed by atoms with van der Waals surface area (Å²) < 4.78 is 45.1. The SMILES string of the molecule is COC1CN(C(=O)c2c(C)cccc2C2CC2)CC1Oc1cccc(CS(=O)(=O)N(C)C2CCOCC2)c1. The molecular formula is C29H38N2O6S. The highest BCUT2D eigenvalue weighted by atomic mass is 32.2. The Bertz CT molecular complexity index is 1260. The van der Waals surface area contributed by atoms with Crippen LogP contribution in [0, 0.1) is 6.92 Å². The quantitative estimate of drug-likeness (QED) is 0.480. The smallest absolute Gasteiger partial charge is 0.254 e. The molecule has 2 saturated heterocycles. The van der Waals surface area contributed by atoms with Crippen LogP contribution >= 0.6 is 0 Å². The summed E-state index contributed by atoms with van der Waals surface area (Å²) in [5.41, 5.74) is 3.62. The maximum absolute atomic E-state index is 13.6. The van der Waals surface area contributed by atoms with E-state index in [4.69, 9.17) is 14.2 Å². The summed E-state index contributed by atoms with van der Waals surface area (Å²) in [5.74, 6) is 0.973. The molecule has 1 aliphatic carbocycles. The highest BCUT2D eigenvalue weighted by Crippen LogP contribution is 2.42. The molecule has 2 aliphatic heterocycles. The zero-order chi connectivity index (χ0) is 26.9. The summed E-state index contributed by atoms with van der Waals surface area (Å²) >= 11 is 0. The van der Waals surface area contributed by atoms with Gasteiger partial charge in [0.1, 0.15) is 18.0 Å². The standard InChI is InChI=1S/C29H38N2O6S/c1-20-6-4-9-25(22-10-11-22)28(20)29(32)31-17-26(35-3)27(18-31)37-24-8-5-7-21(16-24)19-38(33,34)30(2)23-12-14-36-15-13-23/h4-9,16,22-23,26-27H,10-15,17-19H2,1-3H3. The van der Waals surface area contributed by atoms with Gasteiger partial charge in [0.05, 0.1) is 18.8 Å². The number of methoxy groups -OCH3 is 1. The fourth-order valence-electron chi connectivity index (χ4n) is 5.60. The van der Waals surface area contributed by atoms with Gasteiger partial charge >= 0.3 is 0 Å². The highest BCUT2D eigenvalue weighted by molar-refractivity contribution is 7.88. The molecule has 0 bridgehead atoms. The first kappa shape index (κ1) is 27.1. The monoisotopic (exact) mass is 542 g/mol. The van der Waals surface area contributed by atoms with Crippen LogP contribution in [0.1, 0.15) is 58.6 Å². The normalized spacial score (nSPS) is 22.7. The fourth-order valence-corrected chi connectivity index (χ4v) is 7.07. The minimum Gasteiger partial charge on any atom is -0.486 e. The van der Waals surface area contributed by atoms with Gasteiger partial charge in [0.2, 0.25) is 10.0 Å². The average molecular weight is 543 g/mol. The number of aryl methyl sites for hydroxylation is 1. The minimum absolute atomic E-state index is 0.0224. The predicted octanol–water partition coefficient (Wildman–Crippen LogP) is 3.73. The van der Waals surface area contributed by atoms with Crippen molar-refractivity contribution in [2.45, 2.75) is 62.5 Å². The van der Waals surface area contributed by atoms with Crippen molar-refractivity contribution in [3.8, 4) is 5.75 Å². The Labute approximate surface area is 225 Å². The van der Waals surface area contributed by atoms with Crippen molar-refractivity contribution in [1.82, 2.24) is 9.21 Å². The molecule has 0 N–H and O–H groups in total. The third-order valence-corrected chi connectivity index (χ3v) is 9.89. The fraction of sp³-hybridized carbons (Fsp3) is 0.552.